The van der Waals surface area contributed by atoms with Crippen molar-refractivity contribution in [2.24, 2.45) is 0 Å². The Morgan fingerprint density at radius 1 is 1.50 bits per heavy atom. The van der Waals surface area contributed by atoms with Crippen LogP contribution in [0.1, 0.15) is 0 Å². The van der Waals surface area contributed by atoms with E-state index in [1.807, 2.05) is 27.6 Å². The summed E-state index contributed by atoms with van der Waals surface area (Å²) < 4.78 is 0. The molecular weight excluding hydrogens is 185 g/mol. The van der Waals surface area contributed by atoms with Gasteiger partial charge < -0.3 is 17.0 Å². The van der Waals surface area contributed by atoms with Gasteiger partial charge in [0.05, 0.1) is 6.20 Å². The summed E-state index contributed by atoms with van der Waals surface area (Å²) in [7, 11) is 1.84. The van der Waals surface area contributed by atoms with Crippen molar-refractivity contribution >= 4 is 14.5 Å². The van der Waals surface area contributed by atoms with E-state index < -0.39 is 0 Å². The number of halogens is 1. The van der Waals surface area contributed by atoms with Crippen molar-refractivity contribution < 1.29 is 17.0 Å². The third-order valence-corrected chi connectivity index (χ3v) is 1.14. The lowest BCUT2D eigenvalue weighted by molar-refractivity contribution is -0.00000136. The van der Waals surface area contributed by atoms with Crippen LogP contribution < -0.4 is 22.3 Å². The molecule has 0 aliphatic heterocycles. The van der Waals surface area contributed by atoms with E-state index >= 15 is 0 Å². The molecule has 3 heteroatoms. The van der Waals surface area contributed by atoms with Crippen molar-refractivity contribution in [2.45, 2.75) is 0 Å². The Morgan fingerprint density at radius 3 is 2.50 bits per heavy atom. The predicted molar refractivity (Wildman–Crippen MR) is 35.0 cm³/mol. The molecule has 0 saturated carbocycles. The summed E-state index contributed by atoms with van der Waals surface area (Å²) in [5.41, 5.74) is 0. The number of pyridine rings is 1. The van der Waals surface area contributed by atoms with Crippen molar-refractivity contribution in [3.8, 4) is 0 Å². The normalized spacial score (nSPS) is 8.00. The second-order valence-corrected chi connectivity index (χ2v) is 2.18. The number of rotatable bonds is 0. The molecule has 0 fully saturated rings. The smallest absolute Gasteiger partial charge is 0.105 e. The fourth-order valence-electron chi connectivity index (χ4n) is 0.398. The molecule has 1 unspecified atom stereocenters. The molecule has 44 valence electrons. The summed E-state index contributed by atoms with van der Waals surface area (Å²) in [6.45, 7) is 0. The average molecular weight is 192 g/mol. The first kappa shape index (κ1) is 8.06. The zero-order valence-electron chi connectivity index (χ0n) is 4.34. The summed E-state index contributed by atoms with van der Waals surface area (Å²) in [6, 6.07) is 3.97. The third kappa shape index (κ3) is 2.39. The summed E-state index contributed by atoms with van der Waals surface area (Å²) >= 11 is 0. The van der Waals surface area contributed by atoms with Gasteiger partial charge in [0.25, 0.3) is 0 Å². The van der Waals surface area contributed by atoms with E-state index in [0.29, 0.717) is 0 Å². The maximum Gasteiger partial charge on any atom is 0.105 e. The van der Waals surface area contributed by atoms with E-state index in [1.54, 1.807) is 6.20 Å². The summed E-state index contributed by atoms with van der Waals surface area (Å²) in [5, 5.41) is 1.24. The van der Waals surface area contributed by atoms with Crippen molar-refractivity contribution in [1.29, 1.82) is 0 Å². The van der Waals surface area contributed by atoms with Gasteiger partial charge in [-0.25, -0.2) is 0 Å². The Labute approximate surface area is 61.5 Å². The van der Waals surface area contributed by atoms with Crippen LogP contribution in [0.15, 0.2) is 24.5 Å². The van der Waals surface area contributed by atoms with Gasteiger partial charge in [0, 0.05) is 15.4 Å². The molecule has 0 aliphatic rings. The fourth-order valence-corrected chi connectivity index (χ4v) is 0.640. The van der Waals surface area contributed by atoms with Crippen LogP contribution >= 0.6 is 9.24 Å². The molecule has 0 radical (unpaired) electrons. The largest absolute Gasteiger partial charge is 1.00 e. The molecule has 1 heterocycles. The molecule has 0 aromatic carbocycles. The Morgan fingerprint density at radius 2 is 2.25 bits per heavy atom. The number of hydrogen-bond donors (Lipinski definition) is 0. The lowest BCUT2D eigenvalue weighted by Crippen LogP contribution is -3.00. The quantitative estimate of drug-likeness (QED) is 0.408. The molecule has 0 spiro atoms. The summed E-state index contributed by atoms with van der Waals surface area (Å²) in [6.07, 6.45) is 3.62. The lowest BCUT2D eigenvalue weighted by atomic mass is 10.5. The van der Waals surface area contributed by atoms with Crippen LogP contribution in [0.3, 0.4) is 0 Å². The van der Waals surface area contributed by atoms with E-state index in [2.05, 4.69) is 4.98 Å². The summed E-state index contributed by atoms with van der Waals surface area (Å²) in [4.78, 5) is 3.89. The maximum atomic E-state index is 3.89. The molecule has 1 aromatic heterocycles. The topological polar surface area (TPSA) is 12.9 Å². The summed E-state index contributed by atoms with van der Waals surface area (Å²) in [5.74, 6) is 0. The van der Waals surface area contributed by atoms with E-state index in [9.17, 15) is 0 Å². The van der Waals surface area contributed by atoms with Crippen LogP contribution in [-0.4, -0.2) is 4.98 Å². The molecule has 0 bridgehead atoms. The standard InChI is InChI=1S/C5H6NP.BrH/c7-5-2-1-3-6-4-5;/h1-4H,7H2;1H. The number of hydrogen-bond acceptors (Lipinski definition) is 1. The van der Waals surface area contributed by atoms with Gasteiger partial charge in [0.1, 0.15) is 5.30 Å². The molecule has 1 atom stereocenters. The molecule has 0 aliphatic carbocycles. The van der Waals surface area contributed by atoms with Crippen LogP contribution in [0.2, 0.25) is 0 Å². The second kappa shape index (κ2) is 3.99. The van der Waals surface area contributed by atoms with E-state index in [0.717, 1.165) is 0 Å². The van der Waals surface area contributed by atoms with E-state index in [-0.39, 0.29) is 17.0 Å². The molecule has 1 aromatic rings. The number of aromatic nitrogens is 1. The molecule has 1 rings (SSSR count). The van der Waals surface area contributed by atoms with Gasteiger partial charge in [0.15, 0.2) is 0 Å². The van der Waals surface area contributed by atoms with Crippen LogP contribution in [0.5, 0.6) is 0 Å². The Kier molecular flexibility index (Phi) is 4.02. The van der Waals surface area contributed by atoms with Gasteiger partial charge in [-0.05, 0) is 12.1 Å². The van der Waals surface area contributed by atoms with Crippen LogP contribution in [0, 0.1) is 0 Å². The van der Waals surface area contributed by atoms with Gasteiger partial charge >= 0.3 is 0 Å². The predicted octanol–water partition coefficient (Wildman–Crippen LogP) is -2.68. The van der Waals surface area contributed by atoms with Gasteiger partial charge in [-0.15, -0.1) is 0 Å². The highest BCUT2D eigenvalue weighted by atomic mass is 79.9. The molecule has 0 N–H and O–H groups in total. The van der Waals surface area contributed by atoms with Crippen LogP contribution in [0.4, 0.5) is 0 Å². The van der Waals surface area contributed by atoms with Crippen LogP contribution in [0.25, 0.3) is 0 Å². The first-order chi connectivity index (χ1) is 3.39. The Hall–Kier alpha value is 0.0600. The minimum atomic E-state index is 0. The van der Waals surface area contributed by atoms with Gasteiger partial charge in [-0.1, -0.05) is 0 Å². The molecule has 0 amide bonds. The van der Waals surface area contributed by atoms with E-state index in [1.165, 1.54) is 5.30 Å². The second-order valence-electron chi connectivity index (χ2n) is 1.36. The number of nitrogens with zero attached hydrogens (tertiary/aromatic N) is 1. The van der Waals surface area contributed by atoms with Crippen LogP contribution in [-0.2, 0) is 0 Å². The third-order valence-electron chi connectivity index (χ3n) is 0.723. The average Bonchev–Trinajstić information content (AvgIpc) is 1.69. The van der Waals surface area contributed by atoms with Gasteiger partial charge in [-0.3, -0.25) is 4.98 Å². The maximum absolute atomic E-state index is 3.89. The zero-order chi connectivity index (χ0) is 5.11. The fraction of sp³-hybridized carbons (Fsp3) is 0. The molecular formula is C5H7BrNP. The highest BCUT2D eigenvalue weighted by molar-refractivity contribution is 7.27. The van der Waals surface area contributed by atoms with E-state index in [4.69, 9.17) is 0 Å². The monoisotopic (exact) mass is 191 g/mol. The van der Waals surface area contributed by atoms with Crippen molar-refractivity contribution in [1.82, 2.24) is 4.98 Å². The SMILES string of the molecule is [Br-].[PH3+]c1cccnc1. The van der Waals surface area contributed by atoms with Gasteiger partial charge in [0.2, 0.25) is 0 Å². The zero-order valence-corrected chi connectivity index (χ0v) is 7.34. The molecule has 8 heavy (non-hydrogen) atoms. The molecule has 1 nitrogen and oxygen atoms in total. The first-order valence-electron chi connectivity index (χ1n) is 2.11. The lowest BCUT2D eigenvalue weighted by Gasteiger charge is -1.76. The highest BCUT2D eigenvalue weighted by Gasteiger charge is 1.79. The Bertz CT molecular complexity index is 142. The minimum absolute atomic E-state index is 0. The minimum Gasteiger partial charge on any atom is -1.00 e. The Balaban J connectivity index is 0.000000490. The first-order valence-corrected chi connectivity index (χ1v) is 2.82. The van der Waals surface area contributed by atoms with Crippen molar-refractivity contribution in [2.75, 3.05) is 0 Å². The van der Waals surface area contributed by atoms with Gasteiger partial charge in [-0.2, -0.15) is 0 Å². The van der Waals surface area contributed by atoms with Crippen molar-refractivity contribution in [3.63, 3.8) is 0 Å². The highest BCUT2D eigenvalue weighted by Crippen LogP contribution is 1.82. The van der Waals surface area contributed by atoms with Crippen molar-refractivity contribution in [3.05, 3.63) is 24.5 Å². The molecule has 0 saturated heterocycles.